The average Bonchev–Trinajstić information content (AvgIpc) is 2.19. The van der Waals surface area contributed by atoms with Crippen LogP contribution in [0.3, 0.4) is 0 Å². The molecule has 0 aliphatic heterocycles. The second kappa shape index (κ2) is 5.75. The van der Waals surface area contributed by atoms with Crippen LogP contribution in [0.5, 0.6) is 0 Å². The zero-order valence-corrected chi connectivity index (χ0v) is 10.5. The average molecular weight is 230 g/mol. The van der Waals surface area contributed by atoms with E-state index in [0.717, 1.165) is 13.0 Å². The highest BCUT2D eigenvalue weighted by atomic mass is 32.2. The van der Waals surface area contributed by atoms with E-state index in [4.69, 9.17) is 5.73 Å². The normalized spacial score (nSPS) is 20.5. The molecule has 0 aromatic heterocycles. The fourth-order valence-electron chi connectivity index (χ4n) is 1.88. The van der Waals surface area contributed by atoms with Crippen LogP contribution in [0.2, 0.25) is 0 Å². The van der Waals surface area contributed by atoms with Crippen LogP contribution >= 0.6 is 11.8 Å². The molecule has 0 heterocycles. The number of carbonyl (C=O) groups excluding carboxylic acids is 1. The molecule has 0 bridgehead atoms. The van der Waals surface area contributed by atoms with E-state index in [0.29, 0.717) is 11.3 Å². The van der Waals surface area contributed by atoms with Crippen molar-refractivity contribution in [3.8, 4) is 0 Å². The van der Waals surface area contributed by atoms with Crippen molar-refractivity contribution in [3.05, 3.63) is 0 Å². The molecule has 0 aromatic rings. The quantitative estimate of drug-likeness (QED) is 0.724. The van der Waals surface area contributed by atoms with E-state index in [-0.39, 0.29) is 11.8 Å². The summed E-state index contributed by atoms with van der Waals surface area (Å²) in [6, 6.07) is 0. The van der Waals surface area contributed by atoms with Crippen LogP contribution in [0.4, 0.5) is 0 Å². The molecule has 0 saturated heterocycles. The SMILES string of the molecule is CCC(CN)C(=O)NCC1(SC)CCC1. The van der Waals surface area contributed by atoms with Gasteiger partial charge in [0.25, 0.3) is 0 Å². The van der Waals surface area contributed by atoms with E-state index in [1.54, 1.807) is 0 Å². The van der Waals surface area contributed by atoms with Gasteiger partial charge >= 0.3 is 0 Å². The number of thioether (sulfide) groups is 1. The fourth-order valence-corrected chi connectivity index (χ4v) is 2.79. The zero-order chi connectivity index (χ0) is 11.3. The van der Waals surface area contributed by atoms with Crippen molar-refractivity contribution in [1.29, 1.82) is 0 Å². The lowest BCUT2D eigenvalue weighted by Crippen LogP contribution is -2.47. The van der Waals surface area contributed by atoms with Crippen molar-refractivity contribution in [3.63, 3.8) is 0 Å². The fraction of sp³-hybridized carbons (Fsp3) is 0.909. The molecule has 1 atom stereocenters. The topological polar surface area (TPSA) is 55.1 Å². The van der Waals surface area contributed by atoms with Crippen LogP contribution in [0.15, 0.2) is 0 Å². The smallest absolute Gasteiger partial charge is 0.224 e. The molecular formula is C11H22N2OS. The van der Waals surface area contributed by atoms with Crippen LogP contribution in [-0.2, 0) is 4.79 Å². The first-order valence-corrected chi connectivity index (χ1v) is 6.93. The number of hydrogen-bond acceptors (Lipinski definition) is 3. The van der Waals surface area contributed by atoms with Gasteiger partial charge < -0.3 is 11.1 Å². The third-order valence-corrected chi connectivity index (χ3v) is 4.85. The maximum absolute atomic E-state index is 11.7. The molecule has 1 amide bonds. The summed E-state index contributed by atoms with van der Waals surface area (Å²) in [6.45, 7) is 3.27. The second-order valence-corrected chi connectivity index (χ2v) is 5.57. The number of nitrogens with two attached hydrogens (primary N) is 1. The number of amides is 1. The largest absolute Gasteiger partial charge is 0.354 e. The van der Waals surface area contributed by atoms with Gasteiger partial charge in [-0.3, -0.25) is 4.79 Å². The van der Waals surface area contributed by atoms with Gasteiger partial charge in [-0.25, -0.2) is 0 Å². The van der Waals surface area contributed by atoms with Crippen LogP contribution in [0, 0.1) is 5.92 Å². The third-order valence-electron chi connectivity index (χ3n) is 3.43. The van der Waals surface area contributed by atoms with Crippen molar-refractivity contribution < 1.29 is 4.79 Å². The molecular weight excluding hydrogens is 208 g/mol. The molecule has 0 radical (unpaired) electrons. The Kier molecular flexibility index (Phi) is 4.93. The van der Waals surface area contributed by atoms with Gasteiger partial charge in [0, 0.05) is 23.8 Å². The van der Waals surface area contributed by atoms with Crippen LogP contribution < -0.4 is 11.1 Å². The Morgan fingerprint density at radius 3 is 2.60 bits per heavy atom. The summed E-state index contributed by atoms with van der Waals surface area (Å²) >= 11 is 1.88. The maximum Gasteiger partial charge on any atom is 0.224 e. The lowest BCUT2D eigenvalue weighted by atomic mass is 9.84. The van der Waals surface area contributed by atoms with Gasteiger partial charge in [0.1, 0.15) is 0 Å². The summed E-state index contributed by atoms with van der Waals surface area (Å²) in [6.07, 6.45) is 6.71. The lowest BCUT2D eigenvalue weighted by molar-refractivity contribution is -0.125. The van der Waals surface area contributed by atoms with E-state index in [1.165, 1.54) is 19.3 Å². The highest BCUT2D eigenvalue weighted by Gasteiger charge is 2.36. The number of rotatable bonds is 6. The standard InChI is InChI=1S/C11H22N2OS/c1-3-9(7-12)10(14)13-8-11(15-2)5-4-6-11/h9H,3-8,12H2,1-2H3,(H,13,14). The van der Waals surface area contributed by atoms with Crippen molar-refractivity contribution in [1.82, 2.24) is 5.32 Å². The Morgan fingerprint density at radius 2 is 2.27 bits per heavy atom. The van der Waals surface area contributed by atoms with Crippen molar-refractivity contribution >= 4 is 17.7 Å². The first-order chi connectivity index (χ1) is 7.17. The molecule has 15 heavy (non-hydrogen) atoms. The van der Waals surface area contributed by atoms with Crippen LogP contribution in [-0.4, -0.2) is 30.0 Å². The molecule has 4 heteroatoms. The third kappa shape index (κ3) is 3.11. The van der Waals surface area contributed by atoms with E-state index in [9.17, 15) is 4.79 Å². The molecule has 1 rings (SSSR count). The van der Waals surface area contributed by atoms with Gasteiger partial charge in [0.05, 0.1) is 0 Å². The number of nitrogens with one attached hydrogen (secondary N) is 1. The predicted octanol–water partition coefficient (Wildman–Crippen LogP) is 1.37. The molecule has 1 unspecified atom stereocenters. The Balaban J connectivity index is 2.32. The van der Waals surface area contributed by atoms with E-state index >= 15 is 0 Å². The summed E-state index contributed by atoms with van der Waals surface area (Å²) in [5.74, 6) is 0.115. The Bertz CT molecular complexity index is 207. The van der Waals surface area contributed by atoms with Gasteiger partial charge in [-0.1, -0.05) is 13.3 Å². The summed E-state index contributed by atoms with van der Waals surface area (Å²) < 4.78 is 0.322. The van der Waals surface area contributed by atoms with Crippen molar-refractivity contribution in [2.45, 2.75) is 37.4 Å². The minimum Gasteiger partial charge on any atom is -0.354 e. The van der Waals surface area contributed by atoms with E-state index in [1.807, 2.05) is 18.7 Å². The molecule has 1 saturated carbocycles. The van der Waals surface area contributed by atoms with Gasteiger partial charge in [-0.2, -0.15) is 11.8 Å². The zero-order valence-electron chi connectivity index (χ0n) is 9.71. The minimum atomic E-state index is -0.0102. The monoisotopic (exact) mass is 230 g/mol. The molecule has 1 aliphatic carbocycles. The van der Waals surface area contributed by atoms with Gasteiger partial charge in [-0.15, -0.1) is 0 Å². The summed E-state index contributed by atoms with van der Waals surface area (Å²) in [5, 5.41) is 3.04. The van der Waals surface area contributed by atoms with Crippen molar-refractivity contribution in [2.75, 3.05) is 19.3 Å². The Morgan fingerprint density at radius 1 is 1.60 bits per heavy atom. The molecule has 3 N–H and O–H groups in total. The molecule has 1 aliphatic rings. The molecule has 0 spiro atoms. The van der Waals surface area contributed by atoms with Gasteiger partial charge in [0.15, 0.2) is 0 Å². The first-order valence-electron chi connectivity index (χ1n) is 5.70. The maximum atomic E-state index is 11.7. The number of carbonyl (C=O) groups is 1. The Hall–Kier alpha value is -0.220. The van der Waals surface area contributed by atoms with Gasteiger partial charge in [0.2, 0.25) is 5.91 Å². The summed E-state index contributed by atoms with van der Waals surface area (Å²) in [7, 11) is 0. The van der Waals surface area contributed by atoms with Crippen molar-refractivity contribution in [2.24, 2.45) is 11.7 Å². The first kappa shape index (κ1) is 12.8. The van der Waals surface area contributed by atoms with E-state index < -0.39 is 0 Å². The van der Waals surface area contributed by atoms with E-state index in [2.05, 4.69) is 11.6 Å². The molecule has 0 aromatic carbocycles. The highest BCUT2D eigenvalue weighted by molar-refractivity contribution is 8.00. The van der Waals surface area contributed by atoms with Crippen LogP contribution in [0.25, 0.3) is 0 Å². The Labute approximate surface area is 96.6 Å². The second-order valence-electron chi connectivity index (χ2n) is 4.30. The summed E-state index contributed by atoms with van der Waals surface area (Å²) in [4.78, 5) is 11.7. The molecule has 1 fully saturated rings. The number of hydrogen-bond donors (Lipinski definition) is 2. The molecule has 3 nitrogen and oxygen atoms in total. The van der Waals surface area contributed by atoms with Crippen LogP contribution in [0.1, 0.15) is 32.6 Å². The van der Waals surface area contributed by atoms with Gasteiger partial charge in [-0.05, 0) is 25.5 Å². The lowest BCUT2D eigenvalue weighted by Gasteiger charge is -2.40. The molecule has 88 valence electrons. The summed E-state index contributed by atoms with van der Waals surface area (Å²) in [5.41, 5.74) is 5.54. The predicted molar refractivity (Wildman–Crippen MR) is 65.9 cm³/mol. The minimum absolute atomic E-state index is 0.0102. The highest BCUT2D eigenvalue weighted by Crippen LogP contribution is 2.42.